The number of carbonyl (C=O) groups is 1. The van der Waals surface area contributed by atoms with E-state index in [1.807, 2.05) is 0 Å². The smallest absolute Gasteiger partial charge is 0.254 e. The summed E-state index contributed by atoms with van der Waals surface area (Å²) in [5.74, 6) is -1.90. The molecule has 6 heteroatoms. The highest BCUT2D eigenvalue weighted by molar-refractivity contribution is 6.32. The Morgan fingerprint density at radius 3 is 2.61 bits per heavy atom. The van der Waals surface area contributed by atoms with Gasteiger partial charge in [-0.2, -0.15) is 0 Å². The number of pyridine rings is 1. The van der Waals surface area contributed by atoms with E-state index in [1.165, 1.54) is 24.4 Å². The molecule has 1 N–H and O–H groups in total. The van der Waals surface area contributed by atoms with E-state index in [2.05, 4.69) is 10.3 Å². The molecule has 1 heterocycles. The Labute approximate surface area is 137 Å². The molecule has 2 atom stereocenters. The zero-order chi connectivity index (χ0) is 16.4. The zero-order valence-corrected chi connectivity index (χ0v) is 13.0. The van der Waals surface area contributed by atoms with Crippen LogP contribution in [0.4, 0.5) is 8.78 Å². The number of rotatable bonds is 3. The van der Waals surface area contributed by atoms with Crippen LogP contribution in [0.25, 0.3) is 0 Å². The Bertz CT molecular complexity index is 718. The molecule has 3 rings (SSSR count). The summed E-state index contributed by atoms with van der Waals surface area (Å²) in [5, 5.41) is 2.95. The number of benzene rings is 1. The van der Waals surface area contributed by atoms with Gasteiger partial charge in [-0.05, 0) is 37.1 Å². The lowest BCUT2D eigenvalue weighted by Gasteiger charge is -2.22. The number of amides is 1. The largest absolute Gasteiger partial charge is 0.349 e. The van der Waals surface area contributed by atoms with Crippen LogP contribution < -0.4 is 5.32 Å². The Balaban J connectivity index is 1.83. The highest BCUT2D eigenvalue weighted by atomic mass is 35.5. The van der Waals surface area contributed by atoms with Crippen molar-refractivity contribution < 1.29 is 13.6 Å². The molecule has 0 spiro atoms. The van der Waals surface area contributed by atoms with E-state index >= 15 is 0 Å². The average molecular weight is 337 g/mol. The molecule has 0 unspecified atom stereocenters. The summed E-state index contributed by atoms with van der Waals surface area (Å²) >= 11 is 5.92. The summed E-state index contributed by atoms with van der Waals surface area (Å²) in [4.78, 5) is 16.2. The van der Waals surface area contributed by atoms with Crippen LogP contribution in [0.3, 0.4) is 0 Å². The maximum absolute atomic E-state index is 14.0. The first-order chi connectivity index (χ1) is 11.1. The minimum Gasteiger partial charge on any atom is -0.349 e. The molecule has 1 aliphatic carbocycles. The maximum Gasteiger partial charge on any atom is 0.254 e. The lowest BCUT2D eigenvalue weighted by Crippen LogP contribution is -2.37. The average Bonchev–Trinajstić information content (AvgIpc) is 2.95. The molecule has 2 aromatic rings. The van der Waals surface area contributed by atoms with Gasteiger partial charge in [0.1, 0.15) is 16.8 Å². The number of hydrogen-bond acceptors (Lipinski definition) is 2. The van der Waals surface area contributed by atoms with Crippen LogP contribution in [0.1, 0.15) is 41.1 Å². The number of carbonyl (C=O) groups excluding carboxylic acids is 1. The van der Waals surface area contributed by atoms with Crippen LogP contribution in [-0.4, -0.2) is 16.9 Å². The molecular formula is C17H15ClF2N2O. The molecule has 0 aliphatic heterocycles. The quantitative estimate of drug-likeness (QED) is 0.858. The van der Waals surface area contributed by atoms with Crippen molar-refractivity contribution in [3.8, 4) is 0 Å². The lowest BCUT2D eigenvalue weighted by atomic mass is 9.93. The summed E-state index contributed by atoms with van der Waals surface area (Å²) in [6.45, 7) is 0. The van der Waals surface area contributed by atoms with Crippen molar-refractivity contribution in [2.75, 3.05) is 0 Å². The van der Waals surface area contributed by atoms with Crippen LogP contribution in [0, 0.1) is 11.6 Å². The van der Waals surface area contributed by atoms with E-state index in [1.54, 1.807) is 12.1 Å². The fourth-order valence-corrected chi connectivity index (χ4v) is 3.35. The molecule has 1 saturated carbocycles. The third-order valence-electron chi connectivity index (χ3n) is 4.21. The molecule has 0 bridgehead atoms. The van der Waals surface area contributed by atoms with E-state index in [-0.39, 0.29) is 34.1 Å². The fraction of sp³-hybridized carbons (Fsp3) is 0.294. The van der Waals surface area contributed by atoms with E-state index in [0.717, 1.165) is 6.42 Å². The van der Waals surface area contributed by atoms with E-state index in [0.29, 0.717) is 12.8 Å². The minimum absolute atomic E-state index is 0.0487. The highest BCUT2D eigenvalue weighted by Crippen LogP contribution is 2.37. The van der Waals surface area contributed by atoms with Crippen LogP contribution >= 0.6 is 11.6 Å². The number of nitrogens with one attached hydrogen (secondary N) is 1. The molecule has 120 valence electrons. The molecule has 1 fully saturated rings. The standard InChI is InChI=1S/C17H15ClF2N2O/c18-16-11(5-3-9-21-16)17(23)22-14-8-1-4-10(14)15-12(19)6-2-7-13(15)20/h2-3,5-7,9-10,14H,1,4,8H2,(H,22,23)/t10-,14+/m0/s1. The van der Waals surface area contributed by atoms with Gasteiger partial charge in [0.25, 0.3) is 5.91 Å². The van der Waals surface area contributed by atoms with Gasteiger partial charge in [-0.15, -0.1) is 0 Å². The van der Waals surface area contributed by atoms with Gasteiger partial charge in [-0.3, -0.25) is 4.79 Å². The summed E-state index contributed by atoms with van der Waals surface area (Å²) in [6, 6.07) is 6.68. The molecule has 0 saturated heterocycles. The molecule has 23 heavy (non-hydrogen) atoms. The molecule has 1 aliphatic rings. The second-order valence-corrected chi connectivity index (χ2v) is 5.95. The summed E-state index contributed by atoms with van der Waals surface area (Å²) < 4.78 is 28.0. The summed E-state index contributed by atoms with van der Waals surface area (Å²) in [6.07, 6.45) is 3.59. The van der Waals surface area contributed by atoms with Crippen molar-refractivity contribution >= 4 is 17.5 Å². The fourth-order valence-electron chi connectivity index (χ4n) is 3.14. The molecule has 3 nitrogen and oxygen atoms in total. The number of aromatic nitrogens is 1. The first kappa shape index (κ1) is 15.9. The van der Waals surface area contributed by atoms with Crippen LogP contribution in [0.2, 0.25) is 5.15 Å². The molecular weight excluding hydrogens is 322 g/mol. The van der Waals surface area contributed by atoms with Crippen LogP contribution in [0.5, 0.6) is 0 Å². The first-order valence-corrected chi connectivity index (χ1v) is 7.81. The number of halogens is 3. The maximum atomic E-state index is 14.0. The van der Waals surface area contributed by atoms with Crippen molar-refractivity contribution in [3.63, 3.8) is 0 Å². The van der Waals surface area contributed by atoms with Crippen molar-refractivity contribution in [2.24, 2.45) is 0 Å². The van der Waals surface area contributed by atoms with Gasteiger partial charge >= 0.3 is 0 Å². The predicted molar refractivity (Wildman–Crippen MR) is 83.5 cm³/mol. The van der Waals surface area contributed by atoms with Crippen molar-refractivity contribution in [3.05, 3.63) is 64.4 Å². The third kappa shape index (κ3) is 3.20. The highest BCUT2D eigenvalue weighted by Gasteiger charge is 2.34. The molecule has 1 aromatic heterocycles. The third-order valence-corrected chi connectivity index (χ3v) is 4.51. The van der Waals surface area contributed by atoms with E-state index < -0.39 is 11.6 Å². The molecule has 1 aromatic carbocycles. The Hall–Kier alpha value is -2.01. The van der Waals surface area contributed by atoms with Gasteiger partial charge in [0.15, 0.2) is 0 Å². The number of nitrogens with zero attached hydrogens (tertiary/aromatic N) is 1. The first-order valence-electron chi connectivity index (χ1n) is 7.43. The summed E-state index contributed by atoms with van der Waals surface area (Å²) in [7, 11) is 0. The van der Waals surface area contributed by atoms with E-state index in [4.69, 9.17) is 11.6 Å². The van der Waals surface area contributed by atoms with Crippen LogP contribution in [0.15, 0.2) is 36.5 Å². The van der Waals surface area contributed by atoms with Crippen molar-refractivity contribution in [1.29, 1.82) is 0 Å². The van der Waals surface area contributed by atoms with Gasteiger partial charge in [-0.25, -0.2) is 13.8 Å². The van der Waals surface area contributed by atoms with Gasteiger partial charge in [0, 0.05) is 23.7 Å². The zero-order valence-electron chi connectivity index (χ0n) is 12.2. The minimum atomic E-state index is -0.574. The van der Waals surface area contributed by atoms with Gasteiger partial charge in [0.05, 0.1) is 5.56 Å². The molecule has 1 amide bonds. The second kappa shape index (κ2) is 6.62. The van der Waals surface area contributed by atoms with Gasteiger partial charge < -0.3 is 5.32 Å². The van der Waals surface area contributed by atoms with Crippen molar-refractivity contribution in [1.82, 2.24) is 10.3 Å². The Kier molecular flexibility index (Phi) is 4.57. The van der Waals surface area contributed by atoms with Crippen LogP contribution in [-0.2, 0) is 0 Å². The van der Waals surface area contributed by atoms with E-state index in [9.17, 15) is 13.6 Å². The predicted octanol–water partition coefficient (Wildman–Crippen LogP) is 4.08. The lowest BCUT2D eigenvalue weighted by molar-refractivity contribution is 0.0933. The SMILES string of the molecule is O=C(N[C@@H]1CCC[C@@H]1c1c(F)cccc1F)c1cccnc1Cl. The van der Waals surface area contributed by atoms with Gasteiger partial charge in [0.2, 0.25) is 0 Å². The Morgan fingerprint density at radius 1 is 1.17 bits per heavy atom. The number of hydrogen-bond donors (Lipinski definition) is 1. The van der Waals surface area contributed by atoms with Gasteiger partial charge in [-0.1, -0.05) is 24.1 Å². The van der Waals surface area contributed by atoms with Crippen molar-refractivity contribution in [2.45, 2.75) is 31.2 Å². The molecule has 0 radical (unpaired) electrons. The normalized spacial score (nSPS) is 20.5. The topological polar surface area (TPSA) is 42.0 Å². The second-order valence-electron chi connectivity index (χ2n) is 5.59. The monoisotopic (exact) mass is 336 g/mol. The Morgan fingerprint density at radius 2 is 1.91 bits per heavy atom. The summed E-state index contributed by atoms with van der Waals surface area (Å²) in [5.41, 5.74) is 0.307.